The van der Waals surface area contributed by atoms with Gasteiger partial charge in [0.2, 0.25) is 0 Å². The first kappa shape index (κ1) is 13.1. The standard InChI is InChI=1S/C14H22N4/c1-2-18-11-16-10-14(18)13(9-15)17-12-7-5-3-4-6-8-12/h10-13,17H,2-8H2,1H3. The Morgan fingerprint density at radius 3 is 2.78 bits per heavy atom. The molecule has 1 fully saturated rings. The fraction of sp³-hybridized carbons (Fsp3) is 0.714. The Labute approximate surface area is 109 Å². The van der Waals surface area contributed by atoms with Gasteiger partial charge in [0.1, 0.15) is 6.04 Å². The predicted octanol–water partition coefficient (Wildman–Crippen LogP) is 2.78. The van der Waals surface area contributed by atoms with E-state index in [1.54, 1.807) is 12.5 Å². The molecule has 18 heavy (non-hydrogen) atoms. The molecule has 1 unspecified atom stereocenters. The van der Waals surface area contributed by atoms with E-state index in [4.69, 9.17) is 0 Å². The maximum atomic E-state index is 9.37. The van der Waals surface area contributed by atoms with E-state index in [9.17, 15) is 5.26 Å². The summed E-state index contributed by atoms with van der Waals surface area (Å²) in [5.41, 5.74) is 0.990. The number of imidazole rings is 1. The first-order valence-corrected chi connectivity index (χ1v) is 7.01. The lowest BCUT2D eigenvalue weighted by Gasteiger charge is -2.20. The molecule has 0 aromatic carbocycles. The maximum Gasteiger partial charge on any atom is 0.138 e. The number of nitriles is 1. The van der Waals surface area contributed by atoms with Gasteiger partial charge in [-0.05, 0) is 19.8 Å². The number of hydrogen-bond acceptors (Lipinski definition) is 3. The van der Waals surface area contributed by atoms with Gasteiger partial charge in [0, 0.05) is 12.6 Å². The molecule has 0 spiro atoms. The summed E-state index contributed by atoms with van der Waals surface area (Å²) < 4.78 is 2.04. The van der Waals surface area contributed by atoms with E-state index < -0.39 is 0 Å². The Bertz CT molecular complexity index is 396. The molecule has 1 saturated carbocycles. The van der Waals surface area contributed by atoms with Crippen LogP contribution in [0.3, 0.4) is 0 Å². The second kappa shape index (κ2) is 6.55. The summed E-state index contributed by atoms with van der Waals surface area (Å²) >= 11 is 0. The second-order valence-electron chi connectivity index (χ2n) is 5.02. The summed E-state index contributed by atoms with van der Waals surface area (Å²) in [6.07, 6.45) is 11.2. The number of nitrogens with one attached hydrogen (secondary N) is 1. The van der Waals surface area contributed by atoms with Crippen LogP contribution in [0, 0.1) is 11.3 Å². The fourth-order valence-corrected chi connectivity index (χ4v) is 2.71. The van der Waals surface area contributed by atoms with Crippen molar-refractivity contribution >= 4 is 0 Å². The molecule has 2 rings (SSSR count). The summed E-state index contributed by atoms with van der Waals surface area (Å²) in [5.74, 6) is 0. The molecular weight excluding hydrogens is 224 g/mol. The molecule has 1 atom stereocenters. The van der Waals surface area contributed by atoms with Crippen LogP contribution in [0.1, 0.15) is 57.2 Å². The molecule has 1 heterocycles. The zero-order valence-corrected chi connectivity index (χ0v) is 11.1. The second-order valence-corrected chi connectivity index (χ2v) is 5.02. The lowest BCUT2D eigenvalue weighted by atomic mass is 10.1. The highest BCUT2D eigenvalue weighted by atomic mass is 15.1. The van der Waals surface area contributed by atoms with Crippen molar-refractivity contribution in [1.82, 2.24) is 14.9 Å². The average Bonchev–Trinajstić information content (AvgIpc) is 2.72. The van der Waals surface area contributed by atoms with Crippen LogP contribution in [0.5, 0.6) is 0 Å². The minimum Gasteiger partial charge on any atom is -0.333 e. The Morgan fingerprint density at radius 2 is 2.17 bits per heavy atom. The van der Waals surface area contributed by atoms with Crippen LogP contribution >= 0.6 is 0 Å². The predicted molar refractivity (Wildman–Crippen MR) is 70.9 cm³/mol. The Kier molecular flexibility index (Phi) is 4.77. The molecule has 0 radical (unpaired) electrons. The summed E-state index contributed by atoms with van der Waals surface area (Å²) in [4.78, 5) is 4.15. The molecule has 1 aromatic rings. The van der Waals surface area contributed by atoms with Crippen molar-refractivity contribution in [3.63, 3.8) is 0 Å². The van der Waals surface area contributed by atoms with Gasteiger partial charge in [-0.15, -0.1) is 0 Å². The zero-order chi connectivity index (χ0) is 12.8. The molecule has 1 aliphatic carbocycles. The minimum absolute atomic E-state index is 0.226. The highest BCUT2D eigenvalue weighted by molar-refractivity contribution is 5.14. The third kappa shape index (κ3) is 3.11. The van der Waals surface area contributed by atoms with Crippen molar-refractivity contribution in [2.75, 3.05) is 0 Å². The van der Waals surface area contributed by atoms with Crippen LogP contribution in [0.25, 0.3) is 0 Å². The first-order chi connectivity index (χ1) is 8.85. The highest BCUT2D eigenvalue weighted by Crippen LogP contribution is 2.21. The molecule has 1 N–H and O–H groups in total. The molecule has 4 nitrogen and oxygen atoms in total. The molecule has 1 aliphatic rings. The van der Waals surface area contributed by atoms with Crippen molar-refractivity contribution in [3.05, 3.63) is 18.2 Å². The quantitative estimate of drug-likeness (QED) is 0.831. The SMILES string of the molecule is CCn1cncc1C(C#N)NC1CCCCCC1. The van der Waals surface area contributed by atoms with Gasteiger partial charge in [0.05, 0.1) is 24.3 Å². The van der Waals surface area contributed by atoms with Crippen LogP contribution in [0.2, 0.25) is 0 Å². The van der Waals surface area contributed by atoms with Crippen LogP contribution in [-0.4, -0.2) is 15.6 Å². The summed E-state index contributed by atoms with van der Waals surface area (Å²) in [5, 5.41) is 12.9. The van der Waals surface area contributed by atoms with Gasteiger partial charge < -0.3 is 4.57 Å². The summed E-state index contributed by atoms with van der Waals surface area (Å²) in [7, 11) is 0. The normalized spacial score (nSPS) is 19.1. The monoisotopic (exact) mass is 246 g/mol. The Hall–Kier alpha value is -1.34. The molecule has 1 aromatic heterocycles. The fourth-order valence-electron chi connectivity index (χ4n) is 2.71. The molecule has 98 valence electrons. The first-order valence-electron chi connectivity index (χ1n) is 7.01. The van der Waals surface area contributed by atoms with Crippen LogP contribution < -0.4 is 5.32 Å². The van der Waals surface area contributed by atoms with Crippen molar-refractivity contribution < 1.29 is 0 Å². The van der Waals surface area contributed by atoms with Gasteiger partial charge in [-0.25, -0.2) is 4.98 Å². The molecule has 0 amide bonds. The lowest BCUT2D eigenvalue weighted by molar-refractivity contribution is 0.426. The number of aryl methyl sites for hydroxylation is 1. The Morgan fingerprint density at radius 1 is 1.44 bits per heavy atom. The van der Waals surface area contributed by atoms with E-state index in [1.807, 2.05) is 4.57 Å². The molecule has 0 saturated heterocycles. The van der Waals surface area contributed by atoms with Crippen LogP contribution in [0.15, 0.2) is 12.5 Å². The minimum atomic E-state index is -0.226. The van der Waals surface area contributed by atoms with Gasteiger partial charge >= 0.3 is 0 Å². The molecule has 0 aliphatic heterocycles. The van der Waals surface area contributed by atoms with Crippen LogP contribution in [0.4, 0.5) is 0 Å². The lowest BCUT2D eigenvalue weighted by Crippen LogP contribution is -2.32. The molecule has 4 heteroatoms. The van der Waals surface area contributed by atoms with E-state index in [1.165, 1.54) is 38.5 Å². The third-order valence-corrected chi connectivity index (χ3v) is 3.77. The van der Waals surface area contributed by atoms with Crippen molar-refractivity contribution in [3.8, 4) is 6.07 Å². The highest BCUT2D eigenvalue weighted by Gasteiger charge is 2.20. The maximum absolute atomic E-state index is 9.37. The number of rotatable bonds is 4. The van der Waals surface area contributed by atoms with Gasteiger partial charge in [-0.1, -0.05) is 25.7 Å². The average molecular weight is 246 g/mol. The van der Waals surface area contributed by atoms with E-state index in [-0.39, 0.29) is 6.04 Å². The van der Waals surface area contributed by atoms with E-state index in [2.05, 4.69) is 23.3 Å². The number of hydrogen-bond donors (Lipinski definition) is 1. The van der Waals surface area contributed by atoms with Gasteiger partial charge in [0.15, 0.2) is 0 Å². The topological polar surface area (TPSA) is 53.6 Å². The molecule has 0 bridgehead atoms. The van der Waals surface area contributed by atoms with Gasteiger partial charge in [-0.2, -0.15) is 5.26 Å². The summed E-state index contributed by atoms with van der Waals surface area (Å²) in [6, 6.07) is 2.63. The van der Waals surface area contributed by atoms with E-state index in [0.29, 0.717) is 6.04 Å². The van der Waals surface area contributed by atoms with Crippen molar-refractivity contribution in [2.45, 2.75) is 64.1 Å². The summed E-state index contributed by atoms with van der Waals surface area (Å²) in [6.45, 7) is 2.94. The van der Waals surface area contributed by atoms with Crippen molar-refractivity contribution in [1.29, 1.82) is 5.26 Å². The van der Waals surface area contributed by atoms with E-state index in [0.717, 1.165) is 12.2 Å². The molecular formula is C14H22N4. The third-order valence-electron chi connectivity index (χ3n) is 3.77. The van der Waals surface area contributed by atoms with Gasteiger partial charge in [0.25, 0.3) is 0 Å². The smallest absolute Gasteiger partial charge is 0.138 e. The number of nitrogens with zero attached hydrogens (tertiary/aromatic N) is 3. The van der Waals surface area contributed by atoms with Crippen molar-refractivity contribution in [2.24, 2.45) is 0 Å². The van der Waals surface area contributed by atoms with Gasteiger partial charge in [-0.3, -0.25) is 5.32 Å². The zero-order valence-electron chi connectivity index (χ0n) is 11.1. The largest absolute Gasteiger partial charge is 0.333 e. The number of aromatic nitrogens is 2. The Balaban J connectivity index is 2.03. The van der Waals surface area contributed by atoms with E-state index >= 15 is 0 Å². The van der Waals surface area contributed by atoms with Crippen LogP contribution in [-0.2, 0) is 6.54 Å².